The highest BCUT2D eigenvalue weighted by Crippen LogP contribution is 2.16. The smallest absolute Gasteiger partial charge is 0.269 e. The minimum Gasteiger partial charge on any atom is -0.360 e. The fourth-order valence-corrected chi connectivity index (χ4v) is 2.44. The second-order valence-electron chi connectivity index (χ2n) is 5.72. The van der Waals surface area contributed by atoms with E-state index in [9.17, 15) is 4.79 Å². The molecule has 6 heteroatoms. The second-order valence-corrected chi connectivity index (χ2v) is 5.72. The Morgan fingerprint density at radius 1 is 1.16 bits per heavy atom. The lowest BCUT2D eigenvalue weighted by atomic mass is 10.1. The van der Waals surface area contributed by atoms with Crippen LogP contribution in [0.1, 0.15) is 28.2 Å². The number of aromatic nitrogens is 2. The molecule has 2 heterocycles. The zero-order valence-electron chi connectivity index (χ0n) is 14.0. The van der Waals surface area contributed by atoms with Gasteiger partial charge in [-0.1, -0.05) is 35.5 Å². The Hall–Kier alpha value is -3.15. The second kappa shape index (κ2) is 8.10. The summed E-state index contributed by atoms with van der Waals surface area (Å²) >= 11 is 0. The highest BCUT2D eigenvalue weighted by molar-refractivity contribution is 5.93. The van der Waals surface area contributed by atoms with Gasteiger partial charge in [-0.05, 0) is 37.5 Å². The molecule has 1 amide bonds. The van der Waals surface area contributed by atoms with Crippen molar-refractivity contribution in [1.29, 1.82) is 0 Å². The molecule has 6 nitrogen and oxygen atoms in total. The maximum atomic E-state index is 12.2. The molecule has 1 aromatic carbocycles. The van der Waals surface area contributed by atoms with E-state index < -0.39 is 0 Å². The number of benzene rings is 1. The molecule has 0 aliphatic heterocycles. The van der Waals surface area contributed by atoms with Crippen molar-refractivity contribution in [3.63, 3.8) is 0 Å². The highest BCUT2D eigenvalue weighted by atomic mass is 16.5. The minimum absolute atomic E-state index is 0.187. The number of pyridine rings is 1. The number of carbonyl (C=O) groups excluding carboxylic acids is 1. The van der Waals surface area contributed by atoms with Gasteiger partial charge in [-0.2, -0.15) is 0 Å². The summed E-state index contributed by atoms with van der Waals surface area (Å²) < 4.78 is 5.01. The van der Waals surface area contributed by atoms with Gasteiger partial charge >= 0.3 is 0 Å². The van der Waals surface area contributed by atoms with Crippen LogP contribution in [0.2, 0.25) is 0 Å². The van der Waals surface area contributed by atoms with E-state index in [1.807, 2.05) is 25.1 Å². The van der Waals surface area contributed by atoms with Crippen LogP contribution in [0.5, 0.6) is 0 Å². The molecule has 3 aromatic rings. The third kappa shape index (κ3) is 4.91. The number of nitrogens with zero attached hydrogens (tertiary/aromatic N) is 2. The lowest BCUT2D eigenvalue weighted by Gasteiger charge is -2.07. The van der Waals surface area contributed by atoms with Gasteiger partial charge in [0.05, 0.1) is 0 Å². The van der Waals surface area contributed by atoms with Crippen LogP contribution in [-0.4, -0.2) is 22.6 Å². The van der Waals surface area contributed by atoms with Crippen molar-refractivity contribution in [3.8, 4) is 0 Å². The van der Waals surface area contributed by atoms with Gasteiger partial charge in [0.15, 0.2) is 5.82 Å². The number of hydrogen-bond donors (Lipinski definition) is 2. The van der Waals surface area contributed by atoms with Gasteiger partial charge in [0.2, 0.25) is 0 Å². The van der Waals surface area contributed by atoms with E-state index in [2.05, 4.69) is 32.9 Å². The van der Waals surface area contributed by atoms with E-state index in [0.717, 1.165) is 18.5 Å². The Bertz CT molecular complexity index is 830. The van der Waals surface area contributed by atoms with Crippen LogP contribution in [0.4, 0.5) is 11.5 Å². The Kier molecular flexibility index (Phi) is 5.41. The number of amides is 1. The van der Waals surface area contributed by atoms with Gasteiger partial charge in [0.25, 0.3) is 5.91 Å². The van der Waals surface area contributed by atoms with Gasteiger partial charge in [0, 0.05) is 24.5 Å². The molecule has 0 aliphatic carbocycles. The molecule has 0 atom stereocenters. The van der Waals surface area contributed by atoms with Gasteiger partial charge in [-0.3, -0.25) is 9.78 Å². The van der Waals surface area contributed by atoms with Crippen molar-refractivity contribution in [2.45, 2.75) is 19.8 Å². The maximum Gasteiger partial charge on any atom is 0.269 e. The summed E-state index contributed by atoms with van der Waals surface area (Å²) in [4.78, 5) is 16.4. The predicted octanol–water partition coefficient (Wildman–Crippen LogP) is 3.48. The quantitative estimate of drug-likeness (QED) is 0.646. The Morgan fingerprint density at radius 3 is 2.76 bits per heavy atom. The van der Waals surface area contributed by atoms with Crippen LogP contribution in [0.25, 0.3) is 0 Å². The molecule has 25 heavy (non-hydrogen) atoms. The minimum atomic E-state index is -0.187. The summed E-state index contributed by atoms with van der Waals surface area (Å²) in [6.07, 6.45) is 3.40. The number of rotatable bonds is 7. The Balaban J connectivity index is 1.50. The summed E-state index contributed by atoms with van der Waals surface area (Å²) in [6.45, 7) is 2.43. The first kappa shape index (κ1) is 16.7. The summed E-state index contributed by atoms with van der Waals surface area (Å²) in [5.41, 5.74) is 2.37. The molecule has 0 saturated heterocycles. The average Bonchev–Trinajstić information content (AvgIpc) is 3.04. The molecule has 128 valence electrons. The van der Waals surface area contributed by atoms with E-state index in [-0.39, 0.29) is 5.91 Å². The highest BCUT2D eigenvalue weighted by Gasteiger charge is 2.08. The molecule has 2 N–H and O–H groups in total. The molecule has 0 radical (unpaired) electrons. The molecular formula is C19H20N4O2. The van der Waals surface area contributed by atoms with Gasteiger partial charge in [-0.15, -0.1) is 0 Å². The molecule has 0 fully saturated rings. The van der Waals surface area contributed by atoms with Crippen molar-refractivity contribution < 1.29 is 9.32 Å². The summed E-state index contributed by atoms with van der Waals surface area (Å²) in [6, 6.07) is 15.5. The van der Waals surface area contributed by atoms with E-state index in [0.29, 0.717) is 23.8 Å². The zero-order chi connectivity index (χ0) is 17.5. The summed E-state index contributed by atoms with van der Waals surface area (Å²) in [7, 11) is 0. The van der Waals surface area contributed by atoms with Crippen molar-refractivity contribution in [3.05, 3.63) is 71.7 Å². The number of carbonyl (C=O) groups is 1. The molecule has 0 spiro atoms. The molecule has 0 aliphatic rings. The number of anilines is 2. The first-order chi connectivity index (χ1) is 12.2. The largest absolute Gasteiger partial charge is 0.360 e. The van der Waals surface area contributed by atoms with Crippen molar-refractivity contribution in [1.82, 2.24) is 15.5 Å². The third-order valence-corrected chi connectivity index (χ3v) is 3.66. The fourth-order valence-electron chi connectivity index (χ4n) is 2.44. The normalized spacial score (nSPS) is 10.4. The molecular weight excluding hydrogens is 316 g/mol. The third-order valence-electron chi connectivity index (χ3n) is 3.66. The fraction of sp³-hybridized carbons (Fsp3) is 0.211. The van der Waals surface area contributed by atoms with Crippen molar-refractivity contribution in [2.75, 3.05) is 11.9 Å². The van der Waals surface area contributed by atoms with E-state index in [4.69, 9.17) is 4.52 Å². The van der Waals surface area contributed by atoms with Crippen LogP contribution < -0.4 is 10.6 Å². The van der Waals surface area contributed by atoms with E-state index in [1.165, 1.54) is 5.56 Å². The van der Waals surface area contributed by atoms with Crippen LogP contribution in [0.3, 0.4) is 0 Å². The molecule has 3 rings (SSSR count). The Morgan fingerprint density at radius 2 is 2.00 bits per heavy atom. The van der Waals surface area contributed by atoms with Crippen LogP contribution in [-0.2, 0) is 6.42 Å². The standard InChI is InChI=1S/C19H20N4O2/c1-14-12-18(23-25-14)22-16-9-11-20-17(13-16)19(24)21-10-5-8-15-6-3-2-4-7-15/h2-4,6-7,9,11-13H,5,8,10H2,1H3,(H,21,24)(H,20,22,23). The monoisotopic (exact) mass is 336 g/mol. The van der Waals surface area contributed by atoms with Crippen molar-refractivity contribution >= 4 is 17.4 Å². The van der Waals surface area contributed by atoms with Gasteiger partial charge in [-0.25, -0.2) is 0 Å². The molecule has 0 bridgehead atoms. The van der Waals surface area contributed by atoms with E-state index >= 15 is 0 Å². The zero-order valence-corrected chi connectivity index (χ0v) is 14.0. The average molecular weight is 336 g/mol. The molecule has 0 unspecified atom stereocenters. The van der Waals surface area contributed by atoms with Gasteiger partial charge in [0.1, 0.15) is 11.5 Å². The lowest BCUT2D eigenvalue weighted by molar-refractivity contribution is 0.0948. The first-order valence-corrected chi connectivity index (χ1v) is 8.19. The SMILES string of the molecule is Cc1cc(Nc2ccnc(C(=O)NCCCc3ccccc3)c2)no1. The number of aryl methyl sites for hydroxylation is 2. The number of nitrogens with one attached hydrogen (secondary N) is 2. The Labute approximate surface area is 146 Å². The predicted molar refractivity (Wildman–Crippen MR) is 95.9 cm³/mol. The van der Waals surface area contributed by atoms with Crippen LogP contribution >= 0.6 is 0 Å². The topological polar surface area (TPSA) is 80.0 Å². The molecule has 2 aromatic heterocycles. The lowest BCUT2D eigenvalue weighted by Crippen LogP contribution is -2.25. The first-order valence-electron chi connectivity index (χ1n) is 8.19. The maximum absolute atomic E-state index is 12.2. The number of hydrogen-bond acceptors (Lipinski definition) is 5. The van der Waals surface area contributed by atoms with Crippen LogP contribution in [0.15, 0.2) is 59.3 Å². The molecule has 0 saturated carbocycles. The van der Waals surface area contributed by atoms with Crippen LogP contribution in [0, 0.1) is 6.92 Å². The van der Waals surface area contributed by atoms with Gasteiger partial charge < -0.3 is 15.2 Å². The summed E-state index contributed by atoms with van der Waals surface area (Å²) in [5.74, 6) is 1.12. The summed E-state index contributed by atoms with van der Waals surface area (Å²) in [5, 5.41) is 9.85. The van der Waals surface area contributed by atoms with Crippen molar-refractivity contribution in [2.24, 2.45) is 0 Å². The van der Waals surface area contributed by atoms with E-state index in [1.54, 1.807) is 24.4 Å².